The van der Waals surface area contributed by atoms with Gasteiger partial charge in [0.05, 0.1) is 30.3 Å². The number of ether oxygens (including phenoxy) is 1. The molecule has 5 rings (SSSR count). The molecule has 0 aliphatic carbocycles. The van der Waals surface area contributed by atoms with Crippen LogP contribution in [-0.2, 0) is 4.74 Å². The predicted molar refractivity (Wildman–Crippen MR) is 106 cm³/mol. The van der Waals surface area contributed by atoms with E-state index in [2.05, 4.69) is 58.5 Å². The number of tetrazole rings is 1. The Morgan fingerprint density at radius 1 is 1.00 bits per heavy atom. The summed E-state index contributed by atoms with van der Waals surface area (Å²) in [7, 11) is 0. The highest BCUT2D eigenvalue weighted by Crippen LogP contribution is 2.36. The molecule has 2 aliphatic heterocycles. The molecule has 3 aromatic rings. The lowest BCUT2D eigenvalue weighted by Crippen LogP contribution is -2.43. The van der Waals surface area contributed by atoms with Gasteiger partial charge in [0.15, 0.2) is 5.82 Å². The van der Waals surface area contributed by atoms with Crippen LogP contribution in [-0.4, -0.2) is 57.1 Å². The molecular formula is C21H22N6O. The fourth-order valence-electron chi connectivity index (χ4n) is 3.90. The second-order valence-corrected chi connectivity index (χ2v) is 7.29. The van der Waals surface area contributed by atoms with Crippen LogP contribution >= 0.6 is 0 Å². The topological polar surface area (TPSA) is 68.4 Å². The molecule has 28 heavy (non-hydrogen) atoms. The maximum absolute atomic E-state index is 5.59. The second-order valence-electron chi connectivity index (χ2n) is 7.29. The number of morpholine rings is 1. The number of hydrogen-bond acceptors (Lipinski definition) is 6. The third kappa shape index (κ3) is 2.83. The number of benzene rings is 2. The minimum absolute atomic E-state index is 0.130. The first kappa shape index (κ1) is 17.2. The number of aliphatic imine (C=N–C) groups is 1. The molecule has 3 heterocycles. The average molecular weight is 374 g/mol. The van der Waals surface area contributed by atoms with Crippen molar-refractivity contribution >= 4 is 11.4 Å². The van der Waals surface area contributed by atoms with E-state index < -0.39 is 0 Å². The van der Waals surface area contributed by atoms with Gasteiger partial charge >= 0.3 is 0 Å². The van der Waals surface area contributed by atoms with E-state index in [1.807, 2.05) is 22.9 Å². The Hall–Kier alpha value is -2.90. The van der Waals surface area contributed by atoms with Gasteiger partial charge in [-0.3, -0.25) is 4.90 Å². The number of nitrogens with zero attached hydrogens (tertiary/aromatic N) is 6. The van der Waals surface area contributed by atoms with Crippen molar-refractivity contribution < 1.29 is 4.74 Å². The first-order valence-electron chi connectivity index (χ1n) is 9.58. The van der Waals surface area contributed by atoms with E-state index in [4.69, 9.17) is 9.73 Å². The van der Waals surface area contributed by atoms with Gasteiger partial charge in [0, 0.05) is 13.1 Å². The lowest BCUT2D eigenvalue weighted by molar-refractivity contribution is 0.0271. The van der Waals surface area contributed by atoms with Crippen molar-refractivity contribution in [1.29, 1.82) is 0 Å². The predicted octanol–water partition coefficient (Wildman–Crippen LogP) is 2.79. The molecule has 1 fully saturated rings. The molecule has 1 unspecified atom stereocenters. The summed E-state index contributed by atoms with van der Waals surface area (Å²) >= 11 is 0. The highest BCUT2D eigenvalue weighted by atomic mass is 16.5. The molecular weight excluding hydrogens is 352 g/mol. The van der Waals surface area contributed by atoms with Crippen molar-refractivity contribution in [1.82, 2.24) is 25.1 Å². The van der Waals surface area contributed by atoms with Crippen LogP contribution in [0.2, 0.25) is 0 Å². The van der Waals surface area contributed by atoms with E-state index in [0.717, 1.165) is 41.6 Å². The molecule has 0 radical (unpaired) electrons. The standard InChI is InChI=1S/C21H22N6O/c1-14-12-17-18(13-15(14)2)27-21(23-24-25-27)20(26-8-10-28-11-9-26)19(22-17)16-6-4-3-5-7-16/h3-7,12-13,20H,8-11H2,1-2H3. The smallest absolute Gasteiger partial charge is 0.180 e. The van der Waals surface area contributed by atoms with E-state index >= 15 is 0 Å². The fourth-order valence-corrected chi connectivity index (χ4v) is 3.90. The maximum Gasteiger partial charge on any atom is 0.180 e. The van der Waals surface area contributed by atoms with Crippen LogP contribution in [0.1, 0.15) is 28.6 Å². The van der Waals surface area contributed by atoms with Gasteiger partial charge in [-0.15, -0.1) is 5.10 Å². The van der Waals surface area contributed by atoms with E-state index in [9.17, 15) is 0 Å². The highest BCUT2D eigenvalue weighted by molar-refractivity contribution is 6.06. The molecule has 7 heteroatoms. The van der Waals surface area contributed by atoms with Crippen LogP contribution in [0.3, 0.4) is 0 Å². The Morgan fingerprint density at radius 2 is 1.75 bits per heavy atom. The highest BCUT2D eigenvalue weighted by Gasteiger charge is 2.35. The quantitative estimate of drug-likeness (QED) is 0.690. The first-order chi connectivity index (χ1) is 13.7. The molecule has 0 N–H and O–H groups in total. The summed E-state index contributed by atoms with van der Waals surface area (Å²) in [5, 5.41) is 12.8. The molecule has 0 saturated carbocycles. The molecule has 0 amide bonds. The van der Waals surface area contributed by atoms with Crippen LogP contribution in [0.4, 0.5) is 5.69 Å². The Bertz CT molecular complexity index is 1040. The molecule has 142 valence electrons. The Balaban J connectivity index is 1.77. The largest absolute Gasteiger partial charge is 0.379 e. The molecule has 1 aromatic heterocycles. The van der Waals surface area contributed by atoms with Crippen LogP contribution in [0.25, 0.3) is 5.69 Å². The molecule has 1 saturated heterocycles. The van der Waals surface area contributed by atoms with Crippen LogP contribution in [0, 0.1) is 13.8 Å². The lowest BCUT2D eigenvalue weighted by atomic mass is 10.0. The van der Waals surface area contributed by atoms with Gasteiger partial charge in [-0.05, 0) is 53.1 Å². The second kappa shape index (κ2) is 6.92. The molecule has 2 aliphatic rings. The summed E-state index contributed by atoms with van der Waals surface area (Å²) in [6.45, 7) is 7.25. The van der Waals surface area contributed by atoms with E-state index in [1.54, 1.807) is 0 Å². The minimum Gasteiger partial charge on any atom is -0.379 e. The van der Waals surface area contributed by atoms with Gasteiger partial charge in [0.25, 0.3) is 0 Å². The van der Waals surface area contributed by atoms with Crippen LogP contribution in [0.5, 0.6) is 0 Å². The summed E-state index contributed by atoms with van der Waals surface area (Å²) in [5.41, 5.74) is 6.27. The normalized spacial score (nSPS) is 19.5. The lowest BCUT2D eigenvalue weighted by Gasteiger charge is -2.33. The zero-order valence-corrected chi connectivity index (χ0v) is 16.0. The van der Waals surface area contributed by atoms with Crippen LogP contribution in [0.15, 0.2) is 47.5 Å². The third-order valence-electron chi connectivity index (χ3n) is 5.54. The number of aromatic nitrogens is 4. The van der Waals surface area contributed by atoms with Crippen LogP contribution < -0.4 is 0 Å². The Labute approximate surface area is 163 Å². The molecule has 2 aromatic carbocycles. The minimum atomic E-state index is -0.130. The zero-order valence-electron chi connectivity index (χ0n) is 16.0. The van der Waals surface area contributed by atoms with Gasteiger partial charge in [0.1, 0.15) is 6.04 Å². The maximum atomic E-state index is 5.59. The average Bonchev–Trinajstić information content (AvgIpc) is 3.16. The van der Waals surface area contributed by atoms with Crippen molar-refractivity contribution in [3.05, 3.63) is 65.0 Å². The number of hydrogen-bond donors (Lipinski definition) is 0. The summed E-state index contributed by atoms with van der Waals surface area (Å²) < 4.78 is 7.43. The molecule has 0 bridgehead atoms. The Morgan fingerprint density at radius 3 is 2.54 bits per heavy atom. The number of fused-ring (bicyclic) bond motifs is 3. The Kier molecular flexibility index (Phi) is 4.26. The molecule has 0 spiro atoms. The van der Waals surface area contributed by atoms with Crippen molar-refractivity contribution in [2.75, 3.05) is 26.3 Å². The third-order valence-corrected chi connectivity index (χ3v) is 5.54. The van der Waals surface area contributed by atoms with Crippen molar-refractivity contribution in [2.24, 2.45) is 4.99 Å². The van der Waals surface area contributed by atoms with Gasteiger partial charge < -0.3 is 4.74 Å². The van der Waals surface area contributed by atoms with E-state index in [0.29, 0.717) is 13.2 Å². The number of rotatable bonds is 2. The summed E-state index contributed by atoms with van der Waals surface area (Å²) in [6, 6.07) is 14.4. The van der Waals surface area contributed by atoms with Crippen molar-refractivity contribution in [2.45, 2.75) is 19.9 Å². The van der Waals surface area contributed by atoms with Crippen molar-refractivity contribution in [3.63, 3.8) is 0 Å². The fraction of sp³-hybridized carbons (Fsp3) is 0.333. The van der Waals surface area contributed by atoms with E-state index in [-0.39, 0.29) is 6.04 Å². The van der Waals surface area contributed by atoms with Gasteiger partial charge in [-0.1, -0.05) is 30.3 Å². The first-order valence-corrected chi connectivity index (χ1v) is 9.58. The summed E-state index contributed by atoms with van der Waals surface area (Å²) in [6.07, 6.45) is 0. The zero-order chi connectivity index (χ0) is 19.1. The van der Waals surface area contributed by atoms with E-state index in [1.165, 1.54) is 11.1 Å². The summed E-state index contributed by atoms with van der Waals surface area (Å²) in [5.74, 6) is 0.798. The van der Waals surface area contributed by atoms with Crippen molar-refractivity contribution in [3.8, 4) is 5.69 Å². The SMILES string of the molecule is Cc1cc2c(cc1C)-n1nnnc1C(N1CCOCC1)C(c1ccccc1)=N2. The van der Waals surface area contributed by atoms with Gasteiger partial charge in [-0.25, -0.2) is 4.99 Å². The van der Waals surface area contributed by atoms with Gasteiger partial charge in [-0.2, -0.15) is 4.68 Å². The molecule has 1 atom stereocenters. The summed E-state index contributed by atoms with van der Waals surface area (Å²) in [4.78, 5) is 7.52. The molecule has 7 nitrogen and oxygen atoms in total. The monoisotopic (exact) mass is 374 g/mol. The van der Waals surface area contributed by atoms with Gasteiger partial charge in [0.2, 0.25) is 0 Å². The number of aryl methyl sites for hydroxylation is 2.